The van der Waals surface area contributed by atoms with Crippen LogP contribution < -0.4 is 8.91 Å². The van der Waals surface area contributed by atoms with Crippen LogP contribution in [-0.2, 0) is 26.7 Å². The summed E-state index contributed by atoms with van der Waals surface area (Å²) in [7, 11) is -10.4. The first-order chi connectivity index (χ1) is 15.8. The van der Waals surface area contributed by atoms with E-state index < -0.39 is 36.3 Å². The maximum atomic E-state index is 12.9. The number of aryl methyl sites for hydroxylation is 1. The van der Waals surface area contributed by atoms with Crippen LogP contribution in [-0.4, -0.2) is 26.9 Å². The summed E-state index contributed by atoms with van der Waals surface area (Å²) in [5.41, 5.74) is -3.64. The Hall–Kier alpha value is -2.96. The number of benzene rings is 3. The molecule has 0 unspecified atom stereocenters. The lowest BCUT2D eigenvalue weighted by molar-refractivity contribution is -0.0500. The SMILES string of the molecule is CCn1c2ccccc2c2cc(NS(=O)(=O)c3cc(Cl)cc(OS(=O)(=O)C(F)(F)F)c3)ccc21. The van der Waals surface area contributed by atoms with Crippen molar-refractivity contribution in [1.82, 2.24) is 4.57 Å². The molecule has 0 bridgehead atoms. The highest BCUT2D eigenvalue weighted by molar-refractivity contribution is 7.92. The number of para-hydroxylation sites is 1. The van der Waals surface area contributed by atoms with E-state index >= 15 is 0 Å². The lowest BCUT2D eigenvalue weighted by atomic mass is 10.1. The number of aromatic nitrogens is 1. The molecule has 0 amide bonds. The van der Waals surface area contributed by atoms with Gasteiger partial charge in [-0.1, -0.05) is 29.8 Å². The minimum Gasteiger partial charge on any atom is -0.376 e. The van der Waals surface area contributed by atoms with Crippen molar-refractivity contribution in [3.63, 3.8) is 0 Å². The van der Waals surface area contributed by atoms with Crippen molar-refractivity contribution in [2.75, 3.05) is 4.72 Å². The van der Waals surface area contributed by atoms with Crippen molar-refractivity contribution in [1.29, 1.82) is 0 Å². The van der Waals surface area contributed by atoms with Gasteiger partial charge in [0.25, 0.3) is 10.0 Å². The fraction of sp³-hybridized carbons (Fsp3) is 0.143. The average molecular weight is 533 g/mol. The Morgan fingerprint density at radius 1 is 0.941 bits per heavy atom. The van der Waals surface area contributed by atoms with Gasteiger partial charge in [0.2, 0.25) is 0 Å². The maximum absolute atomic E-state index is 12.9. The number of nitrogens with one attached hydrogen (secondary N) is 1. The van der Waals surface area contributed by atoms with Gasteiger partial charge in [-0.05, 0) is 37.3 Å². The summed E-state index contributed by atoms with van der Waals surface area (Å²) in [5, 5.41) is 1.37. The number of anilines is 1. The molecular weight excluding hydrogens is 517 g/mol. The molecule has 34 heavy (non-hydrogen) atoms. The Balaban J connectivity index is 1.72. The first kappa shape index (κ1) is 24.2. The second-order valence-electron chi connectivity index (χ2n) is 7.20. The fourth-order valence-electron chi connectivity index (χ4n) is 3.59. The first-order valence-corrected chi connectivity index (χ1v) is 12.9. The van der Waals surface area contributed by atoms with Crippen LogP contribution in [0.25, 0.3) is 21.8 Å². The normalized spacial score (nSPS) is 12.9. The molecule has 0 aliphatic carbocycles. The van der Waals surface area contributed by atoms with Crippen LogP contribution in [0.2, 0.25) is 5.02 Å². The molecule has 1 aromatic heterocycles. The summed E-state index contributed by atoms with van der Waals surface area (Å²) in [6.45, 7) is 2.68. The second kappa shape index (κ2) is 8.36. The average Bonchev–Trinajstić information content (AvgIpc) is 3.05. The Kier molecular flexibility index (Phi) is 5.95. The molecule has 3 aromatic carbocycles. The molecule has 13 heteroatoms. The Labute approximate surface area is 197 Å². The zero-order chi connectivity index (χ0) is 24.9. The number of sulfonamides is 1. The van der Waals surface area contributed by atoms with Crippen LogP contribution in [0.3, 0.4) is 0 Å². The van der Waals surface area contributed by atoms with E-state index in [0.29, 0.717) is 12.6 Å². The van der Waals surface area contributed by atoms with Crippen LogP contribution in [0.4, 0.5) is 18.9 Å². The Morgan fingerprint density at radius 3 is 2.29 bits per heavy atom. The number of halogens is 4. The molecule has 0 fully saturated rings. The number of rotatable bonds is 6. The van der Waals surface area contributed by atoms with Gasteiger partial charge in [0.15, 0.2) is 0 Å². The number of alkyl halides is 3. The molecule has 7 nitrogen and oxygen atoms in total. The van der Waals surface area contributed by atoms with Crippen molar-refractivity contribution < 1.29 is 34.2 Å². The van der Waals surface area contributed by atoms with E-state index in [1.165, 1.54) is 0 Å². The molecule has 0 saturated heterocycles. The summed E-state index contributed by atoms with van der Waals surface area (Å²) in [6, 6.07) is 14.9. The van der Waals surface area contributed by atoms with Crippen molar-refractivity contribution >= 4 is 59.2 Å². The van der Waals surface area contributed by atoms with Crippen LogP contribution in [0.5, 0.6) is 5.75 Å². The van der Waals surface area contributed by atoms with E-state index in [9.17, 15) is 30.0 Å². The second-order valence-corrected chi connectivity index (χ2v) is 10.9. The monoisotopic (exact) mass is 532 g/mol. The molecular formula is C21H16ClF3N2O5S2. The zero-order valence-electron chi connectivity index (χ0n) is 17.3. The highest BCUT2D eigenvalue weighted by Gasteiger charge is 2.48. The van der Waals surface area contributed by atoms with Gasteiger partial charge in [0, 0.05) is 51.2 Å². The third-order valence-electron chi connectivity index (χ3n) is 4.99. The number of nitrogens with zero attached hydrogens (tertiary/aromatic N) is 1. The van der Waals surface area contributed by atoms with E-state index in [0.717, 1.165) is 33.9 Å². The van der Waals surface area contributed by atoms with Gasteiger partial charge in [0.05, 0.1) is 4.90 Å². The maximum Gasteiger partial charge on any atom is 0.534 e. The number of hydrogen-bond acceptors (Lipinski definition) is 5. The summed E-state index contributed by atoms with van der Waals surface area (Å²) in [4.78, 5) is -0.580. The van der Waals surface area contributed by atoms with Crippen LogP contribution >= 0.6 is 11.6 Å². The summed E-state index contributed by atoms with van der Waals surface area (Å²) < 4.78 is 94.8. The van der Waals surface area contributed by atoms with Gasteiger partial charge in [-0.2, -0.15) is 21.6 Å². The van der Waals surface area contributed by atoms with Crippen molar-refractivity contribution in [3.8, 4) is 5.75 Å². The minimum atomic E-state index is -6.01. The van der Waals surface area contributed by atoms with Crippen LogP contribution in [0.15, 0.2) is 65.6 Å². The third kappa shape index (κ3) is 4.40. The highest BCUT2D eigenvalue weighted by atomic mass is 35.5. The first-order valence-electron chi connectivity index (χ1n) is 9.67. The van der Waals surface area contributed by atoms with Crippen LogP contribution in [0.1, 0.15) is 6.92 Å². The molecule has 0 spiro atoms. The lowest BCUT2D eigenvalue weighted by Crippen LogP contribution is -2.28. The van der Waals surface area contributed by atoms with E-state index in [1.807, 2.05) is 31.2 Å². The number of fused-ring (bicyclic) bond motifs is 3. The molecule has 0 aliphatic heterocycles. The Morgan fingerprint density at radius 2 is 1.62 bits per heavy atom. The molecule has 0 aliphatic rings. The topological polar surface area (TPSA) is 94.5 Å². The molecule has 180 valence electrons. The quantitative estimate of drug-likeness (QED) is 0.261. The summed E-state index contributed by atoms with van der Waals surface area (Å²) >= 11 is 5.81. The number of hydrogen-bond donors (Lipinski definition) is 1. The van der Waals surface area contributed by atoms with Gasteiger partial charge in [-0.3, -0.25) is 4.72 Å². The molecule has 1 heterocycles. The molecule has 4 rings (SSSR count). The molecule has 1 N–H and O–H groups in total. The fourth-order valence-corrected chi connectivity index (χ4v) is 5.43. The van der Waals surface area contributed by atoms with Crippen molar-refractivity contribution in [2.45, 2.75) is 23.9 Å². The standard InChI is InChI=1S/C21H16ClF3N2O5S2/c1-2-27-19-6-4-3-5-17(19)18-11-14(7-8-20(18)27)26-33(28,29)16-10-13(22)9-15(12-16)32-34(30,31)21(23,24)25/h3-12,26H,2H2,1H3. The summed E-state index contributed by atoms with van der Waals surface area (Å²) in [6.07, 6.45) is 0. The predicted octanol–water partition coefficient (Wildman–Crippen LogP) is 5.50. The molecule has 0 radical (unpaired) electrons. The van der Waals surface area contributed by atoms with E-state index in [2.05, 4.69) is 13.5 Å². The highest BCUT2D eigenvalue weighted by Crippen LogP contribution is 2.33. The zero-order valence-corrected chi connectivity index (χ0v) is 19.7. The summed E-state index contributed by atoms with van der Waals surface area (Å²) in [5.74, 6) is -0.897. The van der Waals surface area contributed by atoms with Gasteiger partial charge >= 0.3 is 15.6 Å². The molecule has 4 aromatic rings. The van der Waals surface area contributed by atoms with Gasteiger partial charge < -0.3 is 8.75 Å². The van der Waals surface area contributed by atoms with Gasteiger partial charge in [0.1, 0.15) is 5.75 Å². The van der Waals surface area contributed by atoms with E-state index in [4.69, 9.17) is 11.6 Å². The lowest BCUT2D eigenvalue weighted by Gasteiger charge is -2.12. The molecule has 0 saturated carbocycles. The van der Waals surface area contributed by atoms with Gasteiger partial charge in [-0.25, -0.2) is 8.42 Å². The molecule has 0 atom stereocenters. The van der Waals surface area contributed by atoms with Crippen molar-refractivity contribution in [2.24, 2.45) is 0 Å². The third-order valence-corrected chi connectivity index (χ3v) is 7.54. The van der Waals surface area contributed by atoms with E-state index in [-0.39, 0.29) is 10.7 Å². The minimum absolute atomic E-state index is 0.192. The van der Waals surface area contributed by atoms with Crippen LogP contribution in [0, 0.1) is 0 Å². The van der Waals surface area contributed by atoms with E-state index in [1.54, 1.807) is 18.2 Å². The van der Waals surface area contributed by atoms with Gasteiger partial charge in [-0.15, -0.1) is 0 Å². The Bertz CT molecular complexity index is 1630. The predicted molar refractivity (Wildman–Crippen MR) is 123 cm³/mol. The smallest absolute Gasteiger partial charge is 0.376 e. The van der Waals surface area contributed by atoms with Crippen molar-refractivity contribution in [3.05, 3.63) is 65.7 Å². The largest absolute Gasteiger partial charge is 0.534 e.